The lowest BCUT2D eigenvalue weighted by molar-refractivity contribution is -0.0193. The highest BCUT2D eigenvalue weighted by Gasteiger charge is 2.19. The summed E-state index contributed by atoms with van der Waals surface area (Å²) in [4.78, 5) is 0. The molecule has 0 saturated carbocycles. The molecule has 0 saturated heterocycles. The first kappa shape index (κ1) is 11.1. The predicted octanol–water partition coefficient (Wildman–Crippen LogP) is 3.25. The van der Waals surface area contributed by atoms with E-state index in [1.54, 1.807) is 0 Å². The first-order valence-corrected chi connectivity index (χ1v) is 4.57. The Morgan fingerprint density at radius 1 is 1.21 bits per heavy atom. The van der Waals surface area contributed by atoms with Crippen LogP contribution in [-0.4, -0.2) is 12.5 Å². The number of halogens is 2. The fourth-order valence-electron chi connectivity index (χ4n) is 1.02. The minimum atomic E-state index is -2.63. The maximum atomic E-state index is 12.4. The summed E-state index contributed by atoms with van der Waals surface area (Å²) in [5.41, 5.74) is 1.01. The van der Waals surface area contributed by atoms with Gasteiger partial charge in [0.1, 0.15) is 0 Å². The zero-order valence-electron chi connectivity index (χ0n) is 8.17. The van der Waals surface area contributed by atoms with Gasteiger partial charge in [-0.3, -0.25) is 0 Å². The van der Waals surface area contributed by atoms with Gasteiger partial charge in [0.2, 0.25) is 5.92 Å². The number of alkyl halides is 2. The van der Waals surface area contributed by atoms with Crippen LogP contribution >= 0.6 is 0 Å². The third-order valence-electron chi connectivity index (χ3n) is 1.80. The van der Waals surface area contributed by atoms with Crippen molar-refractivity contribution in [3.05, 3.63) is 35.9 Å². The lowest BCUT2D eigenvalue weighted by Gasteiger charge is -2.09. The van der Waals surface area contributed by atoms with Gasteiger partial charge >= 0.3 is 0 Å². The number of hydrogen-bond donors (Lipinski definition) is 0. The smallest absolute Gasteiger partial charge is 0.247 e. The van der Waals surface area contributed by atoms with Crippen LogP contribution < -0.4 is 0 Å². The first-order chi connectivity index (χ1) is 6.58. The molecule has 78 valence electrons. The molecule has 0 spiro atoms. The van der Waals surface area contributed by atoms with E-state index >= 15 is 0 Å². The molecule has 0 N–H and O–H groups in total. The normalized spacial score (nSPS) is 11.6. The minimum absolute atomic E-state index is 0.0956. The second kappa shape index (κ2) is 5.05. The van der Waals surface area contributed by atoms with Crippen molar-refractivity contribution in [2.24, 2.45) is 0 Å². The van der Waals surface area contributed by atoms with Crippen molar-refractivity contribution in [1.29, 1.82) is 0 Å². The monoisotopic (exact) mass is 200 g/mol. The van der Waals surface area contributed by atoms with E-state index in [0.29, 0.717) is 6.61 Å². The standard InChI is InChI=1S/C11H14F2O/c1-11(12,13)7-8-14-9-10-5-3-2-4-6-10/h2-6H,7-9H2,1H3. The Morgan fingerprint density at radius 3 is 2.43 bits per heavy atom. The second-order valence-electron chi connectivity index (χ2n) is 3.36. The molecule has 0 unspecified atom stereocenters. The molecule has 0 fully saturated rings. The summed E-state index contributed by atoms with van der Waals surface area (Å²) < 4.78 is 29.9. The van der Waals surface area contributed by atoms with Gasteiger partial charge in [0, 0.05) is 6.42 Å². The molecule has 0 radical (unpaired) electrons. The molecule has 0 aromatic heterocycles. The number of ether oxygens (including phenoxy) is 1. The Kier molecular flexibility index (Phi) is 4.01. The third kappa shape index (κ3) is 4.92. The number of benzene rings is 1. The van der Waals surface area contributed by atoms with Gasteiger partial charge in [0.25, 0.3) is 0 Å². The highest BCUT2D eigenvalue weighted by molar-refractivity contribution is 5.13. The summed E-state index contributed by atoms with van der Waals surface area (Å²) in [5.74, 6) is -2.63. The molecule has 0 heterocycles. The van der Waals surface area contributed by atoms with Crippen molar-refractivity contribution in [3.8, 4) is 0 Å². The van der Waals surface area contributed by atoms with Crippen molar-refractivity contribution < 1.29 is 13.5 Å². The van der Waals surface area contributed by atoms with Crippen molar-refractivity contribution in [1.82, 2.24) is 0 Å². The molecule has 1 aromatic rings. The van der Waals surface area contributed by atoms with Crippen molar-refractivity contribution in [2.75, 3.05) is 6.61 Å². The van der Waals surface area contributed by atoms with E-state index in [9.17, 15) is 8.78 Å². The summed E-state index contributed by atoms with van der Waals surface area (Å²) in [6.07, 6.45) is -0.222. The lowest BCUT2D eigenvalue weighted by atomic mass is 10.2. The summed E-state index contributed by atoms with van der Waals surface area (Å²) >= 11 is 0. The molecular weight excluding hydrogens is 186 g/mol. The maximum absolute atomic E-state index is 12.4. The number of hydrogen-bond acceptors (Lipinski definition) is 1. The molecule has 0 aliphatic rings. The highest BCUT2D eigenvalue weighted by Crippen LogP contribution is 2.16. The molecule has 3 heteroatoms. The van der Waals surface area contributed by atoms with Gasteiger partial charge in [0.05, 0.1) is 13.2 Å². The van der Waals surface area contributed by atoms with Crippen molar-refractivity contribution in [2.45, 2.75) is 25.9 Å². The summed E-state index contributed by atoms with van der Waals surface area (Å²) in [6.45, 7) is 1.40. The fourth-order valence-corrected chi connectivity index (χ4v) is 1.02. The quantitative estimate of drug-likeness (QED) is 0.663. The molecule has 0 bridgehead atoms. The Labute approximate surface area is 82.7 Å². The van der Waals surface area contributed by atoms with Gasteiger partial charge in [-0.2, -0.15) is 0 Å². The highest BCUT2D eigenvalue weighted by atomic mass is 19.3. The average Bonchev–Trinajstić information content (AvgIpc) is 2.13. The average molecular weight is 200 g/mol. The van der Waals surface area contributed by atoms with Gasteiger partial charge in [0.15, 0.2) is 0 Å². The van der Waals surface area contributed by atoms with E-state index in [1.807, 2.05) is 30.3 Å². The zero-order valence-corrected chi connectivity index (χ0v) is 8.17. The first-order valence-electron chi connectivity index (χ1n) is 4.57. The van der Waals surface area contributed by atoms with Crippen LogP contribution in [0.3, 0.4) is 0 Å². The molecule has 14 heavy (non-hydrogen) atoms. The Bertz CT molecular complexity index is 254. The molecule has 0 aliphatic heterocycles. The van der Waals surface area contributed by atoms with Gasteiger partial charge in [-0.05, 0) is 12.5 Å². The third-order valence-corrected chi connectivity index (χ3v) is 1.80. The van der Waals surface area contributed by atoms with Gasteiger partial charge in [-0.25, -0.2) is 8.78 Å². The molecule has 0 amide bonds. The Morgan fingerprint density at radius 2 is 1.86 bits per heavy atom. The summed E-state index contributed by atoms with van der Waals surface area (Å²) in [6, 6.07) is 9.51. The maximum Gasteiger partial charge on any atom is 0.247 e. The minimum Gasteiger partial charge on any atom is -0.377 e. The molecule has 1 aromatic carbocycles. The van der Waals surface area contributed by atoms with Crippen LogP contribution in [0.2, 0.25) is 0 Å². The van der Waals surface area contributed by atoms with Crippen LogP contribution in [0.1, 0.15) is 18.9 Å². The molecule has 1 nitrogen and oxygen atoms in total. The van der Waals surface area contributed by atoms with E-state index in [0.717, 1.165) is 12.5 Å². The summed E-state index contributed by atoms with van der Waals surface area (Å²) in [7, 11) is 0. The number of rotatable bonds is 5. The van der Waals surface area contributed by atoms with Crippen molar-refractivity contribution >= 4 is 0 Å². The summed E-state index contributed by atoms with van der Waals surface area (Å²) in [5, 5.41) is 0. The van der Waals surface area contributed by atoms with Crippen LogP contribution in [0.15, 0.2) is 30.3 Å². The van der Waals surface area contributed by atoms with Crippen LogP contribution in [0.5, 0.6) is 0 Å². The SMILES string of the molecule is CC(F)(F)CCOCc1ccccc1. The van der Waals surface area contributed by atoms with Crippen LogP contribution in [0.25, 0.3) is 0 Å². The Balaban J connectivity index is 2.17. The van der Waals surface area contributed by atoms with E-state index in [-0.39, 0.29) is 13.0 Å². The lowest BCUT2D eigenvalue weighted by Crippen LogP contribution is -2.13. The molecule has 0 atom stereocenters. The second-order valence-corrected chi connectivity index (χ2v) is 3.36. The zero-order chi connectivity index (χ0) is 10.4. The molecule has 0 aliphatic carbocycles. The van der Waals surface area contributed by atoms with Crippen molar-refractivity contribution in [3.63, 3.8) is 0 Å². The van der Waals surface area contributed by atoms with Gasteiger partial charge < -0.3 is 4.74 Å². The largest absolute Gasteiger partial charge is 0.377 e. The van der Waals surface area contributed by atoms with E-state index in [1.165, 1.54) is 0 Å². The Hall–Kier alpha value is -0.960. The topological polar surface area (TPSA) is 9.23 Å². The van der Waals surface area contributed by atoms with Crippen LogP contribution in [-0.2, 0) is 11.3 Å². The fraction of sp³-hybridized carbons (Fsp3) is 0.455. The molecular formula is C11H14F2O. The van der Waals surface area contributed by atoms with Gasteiger partial charge in [-0.15, -0.1) is 0 Å². The van der Waals surface area contributed by atoms with Crippen LogP contribution in [0.4, 0.5) is 8.78 Å². The van der Waals surface area contributed by atoms with E-state index < -0.39 is 5.92 Å². The van der Waals surface area contributed by atoms with E-state index in [4.69, 9.17) is 4.74 Å². The van der Waals surface area contributed by atoms with Gasteiger partial charge in [-0.1, -0.05) is 30.3 Å². The predicted molar refractivity (Wildman–Crippen MR) is 51.3 cm³/mol. The van der Waals surface area contributed by atoms with Crippen LogP contribution in [0, 0.1) is 0 Å². The van der Waals surface area contributed by atoms with E-state index in [2.05, 4.69) is 0 Å². The molecule has 1 rings (SSSR count).